The zero-order valence-corrected chi connectivity index (χ0v) is 36.4. The number of nitrogens with zero attached hydrogens (tertiary/aromatic N) is 5. The quantitative estimate of drug-likeness (QED) is 0.107. The van der Waals surface area contributed by atoms with Crippen LogP contribution in [0.25, 0.3) is 83.8 Å². The first-order chi connectivity index (χ1) is 31.9. The number of hydrogen-bond acceptors (Lipinski definition) is 3. The van der Waals surface area contributed by atoms with Gasteiger partial charge in [0.2, 0.25) is 0 Å². The summed E-state index contributed by atoms with van der Waals surface area (Å²) < 4.78 is 13.2. The molecule has 8 aromatic carbocycles. The van der Waals surface area contributed by atoms with E-state index in [0.29, 0.717) is 11.5 Å². The zero-order chi connectivity index (χ0) is 43.9. The SMILES string of the molecule is CC(C)(C)c1ccnc(-n2c3ccccc3c3c(-c4ccccc4)cc(Oc4cccc(-n5[c-][n+](-c6c(-c7ccccc7)cccc6-c6ccccc6)nc5-c5ccccc5)c4)cc32)c1. The van der Waals surface area contributed by atoms with Gasteiger partial charge in [-0.3, -0.25) is 9.13 Å². The van der Waals surface area contributed by atoms with Crippen LogP contribution in [0.15, 0.2) is 219 Å². The van der Waals surface area contributed by atoms with Gasteiger partial charge >= 0.3 is 0 Å². The Morgan fingerprint density at radius 3 is 1.74 bits per heavy atom. The maximum Gasteiger partial charge on any atom is 0.273 e. The first kappa shape index (κ1) is 39.5. The van der Waals surface area contributed by atoms with E-state index < -0.39 is 0 Å². The van der Waals surface area contributed by atoms with Crippen molar-refractivity contribution in [1.82, 2.24) is 19.2 Å². The van der Waals surface area contributed by atoms with E-state index in [-0.39, 0.29) is 5.41 Å². The largest absolute Gasteiger partial charge is 0.458 e. The molecule has 6 heteroatoms. The van der Waals surface area contributed by atoms with E-state index in [2.05, 4.69) is 202 Å². The summed E-state index contributed by atoms with van der Waals surface area (Å²) >= 11 is 0. The topological polar surface area (TPSA) is 48.8 Å². The van der Waals surface area contributed by atoms with Crippen molar-refractivity contribution < 1.29 is 9.42 Å². The second kappa shape index (κ2) is 16.4. The minimum atomic E-state index is -0.0489. The van der Waals surface area contributed by atoms with Gasteiger partial charge in [-0.15, -0.1) is 5.10 Å². The number of rotatable bonds is 9. The molecule has 3 heterocycles. The lowest BCUT2D eigenvalue weighted by molar-refractivity contribution is -0.659. The van der Waals surface area contributed by atoms with Gasteiger partial charge in [0.1, 0.15) is 17.3 Å². The number of ether oxygens (including phenoxy) is 1. The van der Waals surface area contributed by atoms with Crippen molar-refractivity contribution in [3.05, 3.63) is 230 Å². The third kappa shape index (κ3) is 7.45. The van der Waals surface area contributed by atoms with Gasteiger partial charge in [-0.1, -0.05) is 191 Å². The maximum atomic E-state index is 6.98. The highest BCUT2D eigenvalue weighted by atomic mass is 16.5. The van der Waals surface area contributed by atoms with Crippen LogP contribution < -0.4 is 9.42 Å². The average Bonchev–Trinajstić information content (AvgIpc) is 3.95. The van der Waals surface area contributed by atoms with Crippen LogP contribution >= 0.6 is 0 Å². The van der Waals surface area contributed by atoms with Crippen molar-refractivity contribution in [2.75, 3.05) is 0 Å². The number of para-hydroxylation sites is 2. The Hall–Kier alpha value is -8.35. The summed E-state index contributed by atoms with van der Waals surface area (Å²) in [7, 11) is 0. The fourth-order valence-electron chi connectivity index (χ4n) is 8.88. The number of pyridine rings is 1. The van der Waals surface area contributed by atoms with Crippen molar-refractivity contribution in [2.24, 2.45) is 0 Å². The first-order valence-corrected chi connectivity index (χ1v) is 22.0. The maximum absolute atomic E-state index is 6.98. The van der Waals surface area contributed by atoms with Crippen molar-refractivity contribution in [3.63, 3.8) is 0 Å². The van der Waals surface area contributed by atoms with Crippen LogP contribution in [0.4, 0.5) is 0 Å². The molecule has 0 amide bonds. The second-order valence-electron chi connectivity index (χ2n) is 17.3. The Morgan fingerprint density at radius 1 is 0.508 bits per heavy atom. The molecule has 0 atom stereocenters. The van der Waals surface area contributed by atoms with Crippen molar-refractivity contribution in [3.8, 4) is 73.5 Å². The standard InChI is InChI=1S/C59H45N5O/c1-59(2,3)45-34-35-60-55(36-45)64-53-33-17-16-30-51(53)56-52(43-24-12-6-13-25-43)38-48(39-54(56)64)65-47-29-18-28-46(37-47)62-40-63(61-58(62)44-26-14-7-15-27-44)57-49(41-20-8-4-9-21-41)31-19-32-50(57)42-22-10-5-11-23-42/h4-39H,1-3H3. The molecule has 0 aliphatic heterocycles. The van der Waals surface area contributed by atoms with Crippen LogP contribution in [0.2, 0.25) is 0 Å². The van der Waals surface area contributed by atoms with E-state index in [4.69, 9.17) is 14.8 Å². The Bertz CT molecular complexity index is 3420. The number of hydrogen-bond donors (Lipinski definition) is 0. The van der Waals surface area contributed by atoms with Crippen LogP contribution in [-0.4, -0.2) is 19.2 Å². The molecule has 0 aliphatic carbocycles. The molecule has 0 aliphatic rings. The van der Waals surface area contributed by atoms with E-state index >= 15 is 0 Å². The lowest BCUT2D eigenvalue weighted by Crippen LogP contribution is -2.34. The zero-order valence-electron chi connectivity index (χ0n) is 36.4. The van der Waals surface area contributed by atoms with E-state index in [0.717, 1.165) is 83.8 Å². The minimum Gasteiger partial charge on any atom is -0.458 e. The van der Waals surface area contributed by atoms with Gasteiger partial charge in [-0.25, -0.2) is 4.98 Å². The second-order valence-corrected chi connectivity index (χ2v) is 17.3. The van der Waals surface area contributed by atoms with Crippen LogP contribution in [0, 0.1) is 6.33 Å². The Balaban J connectivity index is 1.08. The van der Waals surface area contributed by atoms with Gasteiger partial charge in [0.05, 0.1) is 22.4 Å². The van der Waals surface area contributed by atoms with Gasteiger partial charge in [-0.05, 0) is 80.8 Å². The molecule has 0 N–H and O–H groups in total. The fourth-order valence-corrected chi connectivity index (χ4v) is 8.88. The summed E-state index contributed by atoms with van der Waals surface area (Å²) in [4.78, 5) is 4.97. The van der Waals surface area contributed by atoms with Gasteiger partial charge in [-0.2, -0.15) is 4.68 Å². The molecule has 65 heavy (non-hydrogen) atoms. The van der Waals surface area contributed by atoms with Gasteiger partial charge in [0.25, 0.3) is 6.33 Å². The monoisotopic (exact) mass is 839 g/mol. The Morgan fingerprint density at radius 2 is 1.09 bits per heavy atom. The summed E-state index contributed by atoms with van der Waals surface area (Å²) in [5, 5.41) is 7.64. The highest BCUT2D eigenvalue weighted by Gasteiger charge is 2.23. The highest BCUT2D eigenvalue weighted by molar-refractivity contribution is 6.16. The summed E-state index contributed by atoms with van der Waals surface area (Å²) in [6, 6.07) is 73.6. The molecule has 0 fully saturated rings. The molecule has 0 spiro atoms. The molecule has 0 saturated heterocycles. The lowest BCUT2D eigenvalue weighted by Gasteiger charge is -2.20. The van der Waals surface area contributed by atoms with E-state index in [1.165, 1.54) is 5.56 Å². The van der Waals surface area contributed by atoms with Crippen molar-refractivity contribution in [1.29, 1.82) is 0 Å². The van der Waals surface area contributed by atoms with Crippen molar-refractivity contribution >= 4 is 21.8 Å². The smallest absolute Gasteiger partial charge is 0.273 e. The Labute approximate surface area is 379 Å². The predicted molar refractivity (Wildman–Crippen MR) is 263 cm³/mol. The highest BCUT2D eigenvalue weighted by Crippen LogP contribution is 2.42. The molecular formula is C59H45N5O. The summed E-state index contributed by atoms with van der Waals surface area (Å²) in [5.41, 5.74) is 12.5. The molecule has 11 aromatic rings. The molecule has 11 rings (SSSR count). The van der Waals surface area contributed by atoms with Crippen molar-refractivity contribution in [2.45, 2.75) is 26.2 Å². The summed E-state index contributed by atoms with van der Waals surface area (Å²) in [6.07, 6.45) is 5.61. The molecule has 6 nitrogen and oxygen atoms in total. The molecular weight excluding hydrogens is 795 g/mol. The van der Waals surface area contributed by atoms with Gasteiger partial charge in [0, 0.05) is 28.6 Å². The fraction of sp³-hybridized carbons (Fsp3) is 0.0678. The van der Waals surface area contributed by atoms with E-state index in [1.54, 1.807) is 0 Å². The number of benzene rings is 8. The van der Waals surface area contributed by atoms with Gasteiger partial charge in [0.15, 0.2) is 5.82 Å². The molecule has 0 saturated carbocycles. The third-order valence-electron chi connectivity index (χ3n) is 12.0. The Kier molecular flexibility index (Phi) is 9.97. The van der Waals surface area contributed by atoms with E-state index in [9.17, 15) is 0 Å². The first-order valence-electron chi connectivity index (χ1n) is 22.0. The normalized spacial score (nSPS) is 11.6. The average molecular weight is 840 g/mol. The third-order valence-corrected chi connectivity index (χ3v) is 12.0. The summed E-state index contributed by atoms with van der Waals surface area (Å²) in [6.45, 7) is 6.71. The van der Waals surface area contributed by atoms with Crippen LogP contribution in [0.3, 0.4) is 0 Å². The number of fused-ring (bicyclic) bond motifs is 3. The van der Waals surface area contributed by atoms with E-state index in [1.807, 2.05) is 57.9 Å². The van der Waals surface area contributed by atoms with Crippen LogP contribution in [-0.2, 0) is 5.41 Å². The lowest BCUT2D eigenvalue weighted by atomic mass is 9.88. The van der Waals surface area contributed by atoms with Crippen LogP contribution in [0.1, 0.15) is 26.3 Å². The number of aromatic nitrogens is 5. The molecule has 0 radical (unpaired) electrons. The molecule has 0 bridgehead atoms. The predicted octanol–water partition coefficient (Wildman–Crippen LogP) is 14.2. The van der Waals surface area contributed by atoms with Crippen LogP contribution in [0.5, 0.6) is 11.5 Å². The minimum absolute atomic E-state index is 0.0489. The summed E-state index contributed by atoms with van der Waals surface area (Å²) in [5.74, 6) is 3.00. The molecule has 3 aromatic heterocycles. The van der Waals surface area contributed by atoms with Gasteiger partial charge < -0.3 is 4.74 Å². The molecule has 0 unspecified atom stereocenters. The molecule has 312 valence electrons.